The summed E-state index contributed by atoms with van der Waals surface area (Å²) >= 11 is 5.79. The Labute approximate surface area is 151 Å². The molecule has 4 nitrogen and oxygen atoms in total. The summed E-state index contributed by atoms with van der Waals surface area (Å²) in [5, 5.41) is 0.306. The van der Waals surface area contributed by atoms with Crippen molar-refractivity contribution < 1.29 is 14.0 Å². The summed E-state index contributed by atoms with van der Waals surface area (Å²) in [6, 6.07) is 9.36. The third kappa shape index (κ3) is 4.65. The quantitative estimate of drug-likeness (QED) is 0.554. The van der Waals surface area contributed by atoms with Crippen LogP contribution in [0.4, 0.5) is 10.1 Å². The van der Waals surface area contributed by atoms with Crippen molar-refractivity contribution in [2.75, 3.05) is 32.1 Å². The number of nitrogens with zero attached hydrogens (tertiary/aromatic N) is 2. The Balaban J connectivity index is 2.46. The Kier molecular flexibility index (Phi) is 6.28. The molecule has 0 saturated heterocycles. The third-order valence-electron chi connectivity index (χ3n) is 3.84. The summed E-state index contributed by atoms with van der Waals surface area (Å²) in [5.41, 5.74) is 1.80. The van der Waals surface area contributed by atoms with E-state index < -0.39 is 5.82 Å². The van der Waals surface area contributed by atoms with Crippen molar-refractivity contribution in [3.05, 3.63) is 52.8 Å². The van der Waals surface area contributed by atoms with E-state index in [0.29, 0.717) is 46.9 Å². The minimum absolute atomic E-state index is 0.192. The largest absolute Gasteiger partial charge is 0.313 e. The van der Waals surface area contributed by atoms with Gasteiger partial charge in [-0.3, -0.25) is 9.59 Å². The number of anilines is 1. The Morgan fingerprint density at radius 1 is 1.16 bits per heavy atom. The molecule has 0 atom stereocenters. The smallest absolute Gasteiger partial charge is 0.214 e. The average Bonchev–Trinajstić information content (AvgIpc) is 2.55. The zero-order valence-corrected chi connectivity index (χ0v) is 15.2. The highest BCUT2D eigenvalue weighted by atomic mass is 35.5. The second-order valence-electron chi connectivity index (χ2n) is 6.01. The molecule has 0 saturated carbocycles. The first-order valence-electron chi connectivity index (χ1n) is 7.80. The van der Waals surface area contributed by atoms with Gasteiger partial charge >= 0.3 is 0 Å². The Morgan fingerprint density at radius 2 is 1.88 bits per heavy atom. The molecule has 2 aromatic carbocycles. The molecule has 0 unspecified atom stereocenters. The van der Waals surface area contributed by atoms with Crippen LogP contribution in [-0.4, -0.2) is 44.3 Å². The molecule has 0 N–H and O–H groups in total. The van der Waals surface area contributed by atoms with Crippen LogP contribution in [0.3, 0.4) is 0 Å². The SMILES string of the molecule is CC(=O)c1cc(-c2ccc(Cl)cc2F)ccc1N(C=O)CCN(C)C. The molecule has 0 aliphatic heterocycles. The van der Waals surface area contributed by atoms with Gasteiger partial charge in [-0.25, -0.2) is 4.39 Å². The number of ketones is 1. The minimum atomic E-state index is -0.463. The van der Waals surface area contributed by atoms with Crippen molar-refractivity contribution in [1.82, 2.24) is 4.90 Å². The molecule has 25 heavy (non-hydrogen) atoms. The van der Waals surface area contributed by atoms with Gasteiger partial charge in [0.15, 0.2) is 5.78 Å². The zero-order valence-electron chi connectivity index (χ0n) is 14.4. The van der Waals surface area contributed by atoms with Gasteiger partial charge in [-0.15, -0.1) is 0 Å². The van der Waals surface area contributed by atoms with E-state index in [2.05, 4.69) is 0 Å². The molecule has 132 valence electrons. The Hall–Kier alpha value is -2.24. The van der Waals surface area contributed by atoms with Crippen molar-refractivity contribution in [2.45, 2.75) is 6.92 Å². The number of carbonyl (C=O) groups excluding carboxylic acids is 2. The Bertz CT molecular complexity index is 793. The van der Waals surface area contributed by atoms with Crippen molar-refractivity contribution in [3.63, 3.8) is 0 Å². The highest BCUT2D eigenvalue weighted by Crippen LogP contribution is 2.30. The van der Waals surface area contributed by atoms with E-state index in [1.807, 2.05) is 19.0 Å². The Morgan fingerprint density at radius 3 is 2.44 bits per heavy atom. The lowest BCUT2D eigenvalue weighted by Crippen LogP contribution is -2.31. The average molecular weight is 363 g/mol. The van der Waals surface area contributed by atoms with Gasteiger partial charge in [0.2, 0.25) is 6.41 Å². The van der Waals surface area contributed by atoms with Crippen LogP contribution in [0.2, 0.25) is 5.02 Å². The molecule has 0 fully saturated rings. The van der Waals surface area contributed by atoms with Crippen LogP contribution >= 0.6 is 11.6 Å². The molecule has 1 amide bonds. The van der Waals surface area contributed by atoms with Gasteiger partial charge in [-0.1, -0.05) is 17.7 Å². The van der Waals surface area contributed by atoms with Crippen LogP contribution in [0.25, 0.3) is 11.1 Å². The molecular formula is C19H20ClFN2O2. The van der Waals surface area contributed by atoms with E-state index >= 15 is 0 Å². The molecule has 0 heterocycles. The summed E-state index contributed by atoms with van der Waals surface area (Å²) < 4.78 is 14.2. The first-order chi connectivity index (χ1) is 11.8. The van der Waals surface area contributed by atoms with E-state index in [1.54, 1.807) is 30.3 Å². The maximum absolute atomic E-state index is 14.2. The van der Waals surface area contributed by atoms with Crippen molar-refractivity contribution >= 4 is 29.5 Å². The fraction of sp³-hybridized carbons (Fsp3) is 0.263. The fourth-order valence-electron chi connectivity index (χ4n) is 2.50. The molecule has 0 bridgehead atoms. The number of halogens is 2. The first-order valence-corrected chi connectivity index (χ1v) is 8.18. The van der Waals surface area contributed by atoms with Gasteiger partial charge < -0.3 is 9.80 Å². The predicted octanol–water partition coefficient (Wildman–Crippen LogP) is 3.87. The van der Waals surface area contributed by atoms with Crippen LogP contribution in [-0.2, 0) is 4.79 Å². The van der Waals surface area contributed by atoms with E-state index in [4.69, 9.17) is 11.6 Å². The second-order valence-corrected chi connectivity index (χ2v) is 6.45. The molecule has 0 aliphatic rings. The molecule has 6 heteroatoms. The second kappa shape index (κ2) is 8.23. The summed E-state index contributed by atoms with van der Waals surface area (Å²) in [7, 11) is 3.81. The number of hydrogen-bond donors (Lipinski definition) is 0. The molecule has 2 aromatic rings. The van der Waals surface area contributed by atoms with Crippen LogP contribution in [0, 0.1) is 5.82 Å². The van der Waals surface area contributed by atoms with Crippen molar-refractivity contribution in [1.29, 1.82) is 0 Å². The number of amides is 1. The molecular weight excluding hydrogens is 343 g/mol. The van der Waals surface area contributed by atoms with Crippen LogP contribution in [0.1, 0.15) is 17.3 Å². The summed E-state index contributed by atoms with van der Waals surface area (Å²) in [5.74, 6) is -0.655. The highest BCUT2D eigenvalue weighted by molar-refractivity contribution is 6.30. The maximum atomic E-state index is 14.2. The topological polar surface area (TPSA) is 40.6 Å². The molecule has 2 rings (SSSR count). The summed E-state index contributed by atoms with van der Waals surface area (Å²) in [6.45, 7) is 2.53. The number of Topliss-reactive ketones (excluding diaryl/α,β-unsaturated/α-hetero) is 1. The number of rotatable bonds is 7. The summed E-state index contributed by atoms with van der Waals surface area (Å²) in [4.78, 5) is 27.0. The van der Waals surface area contributed by atoms with Crippen molar-refractivity contribution in [2.24, 2.45) is 0 Å². The number of hydrogen-bond acceptors (Lipinski definition) is 3. The van der Waals surface area contributed by atoms with Crippen LogP contribution in [0.5, 0.6) is 0 Å². The first kappa shape index (κ1) is 19.1. The van der Waals surface area contributed by atoms with Crippen molar-refractivity contribution in [3.8, 4) is 11.1 Å². The lowest BCUT2D eigenvalue weighted by atomic mass is 9.99. The van der Waals surface area contributed by atoms with E-state index in [0.717, 1.165) is 0 Å². The van der Waals surface area contributed by atoms with Crippen LogP contribution < -0.4 is 4.90 Å². The van der Waals surface area contributed by atoms with Crippen LogP contribution in [0.15, 0.2) is 36.4 Å². The number of benzene rings is 2. The molecule has 0 aliphatic carbocycles. The van der Waals surface area contributed by atoms with E-state index in [-0.39, 0.29) is 5.78 Å². The highest BCUT2D eigenvalue weighted by Gasteiger charge is 2.16. The van der Waals surface area contributed by atoms with Gasteiger partial charge in [0.25, 0.3) is 0 Å². The van der Waals surface area contributed by atoms with Gasteiger partial charge in [0.1, 0.15) is 5.82 Å². The normalized spacial score (nSPS) is 10.8. The lowest BCUT2D eigenvalue weighted by Gasteiger charge is -2.22. The zero-order chi connectivity index (χ0) is 18.6. The monoisotopic (exact) mass is 362 g/mol. The third-order valence-corrected chi connectivity index (χ3v) is 4.08. The molecule has 0 radical (unpaired) electrons. The maximum Gasteiger partial charge on any atom is 0.214 e. The predicted molar refractivity (Wildman–Crippen MR) is 98.8 cm³/mol. The van der Waals surface area contributed by atoms with Gasteiger partial charge in [0, 0.05) is 29.2 Å². The van der Waals surface area contributed by atoms with Gasteiger partial charge in [-0.2, -0.15) is 0 Å². The van der Waals surface area contributed by atoms with E-state index in [9.17, 15) is 14.0 Å². The standard InChI is InChI=1S/C19H20ClFN2O2/c1-13(25)17-10-14(16-6-5-15(20)11-18(16)21)4-7-19(17)23(12-24)9-8-22(2)3/h4-7,10-12H,8-9H2,1-3H3. The molecule has 0 spiro atoms. The van der Waals surface area contributed by atoms with Gasteiger partial charge in [-0.05, 0) is 56.9 Å². The molecule has 0 aromatic heterocycles. The minimum Gasteiger partial charge on any atom is -0.313 e. The fourth-order valence-corrected chi connectivity index (χ4v) is 2.66. The van der Waals surface area contributed by atoms with Gasteiger partial charge in [0.05, 0.1) is 5.69 Å². The lowest BCUT2D eigenvalue weighted by molar-refractivity contribution is -0.107. The number of likely N-dealkylation sites (N-methyl/N-ethyl adjacent to an activating group) is 1. The number of carbonyl (C=O) groups is 2. The summed E-state index contributed by atoms with van der Waals surface area (Å²) in [6.07, 6.45) is 0.702. The van der Waals surface area contributed by atoms with E-state index in [1.165, 1.54) is 17.9 Å².